The summed E-state index contributed by atoms with van der Waals surface area (Å²) in [4.78, 5) is 0. The van der Waals surface area contributed by atoms with E-state index < -0.39 is 6.67 Å². The summed E-state index contributed by atoms with van der Waals surface area (Å²) in [5.74, 6) is 1.32. The van der Waals surface area contributed by atoms with Crippen LogP contribution >= 0.6 is 0 Å². The van der Waals surface area contributed by atoms with Gasteiger partial charge in [0, 0.05) is 6.61 Å². The van der Waals surface area contributed by atoms with E-state index in [1.165, 1.54) is 0 Å². The van der Waals surface area contributed by atoms with Crippen LogP contribution in [0.25, 0.3) is 0 Å². The van der Waals surface area contributed by atoms with Crippen molar-refractivity contribution in [1.82, 2.24) is 0 Å². The molecule has 9 heteroatoms. The number of alkyl halides is 1. The van der Waals surface area contributed by atoms with E-state index in [9.17, 15) is 4.39 Å². The molecule has 1 aromatic rings. The molecule has 0 unspecified atom stereocenters. The quantitative estimate of drug-likeness (QED) is 0.201. The number of hydrogen-bond donors (Lipinski definition) is 0. The lowest BCUT2D eigenvalue weighted by Crippen LogP contribution is -2.14. The molecule has 1 aromatic carbocycles. The highest BCUT2D eigenvalue weighted by molar-refractivity contribution is 5.39. The number of benzene rings is 1. The molecular formula is C25H45FO8. The molecule has 0 fully saturated rings. The van der Waals surface area contributed by atoms with Crippen LogP contribution in [0.1, 0.15) is 27.2 Å². The Kier molecular flexibility index (Phi) is 26.5. The molecular weight excluding hydrogens is 447 g/mol. The molecule has 0 aromatic heterocycles. The number of hydrogen-bond acceptors (Lipinski definition) is 8. The Morgan fingerprint density at radius 1 is 0.500 bits per heavy atom. The lowest BCUT2D eigenvalue weighted by Gasteiger charge is -2.13. The number of rotatable bonds is 24. The molecule has 0 radical (unpaired) electrons. The maximum atomic E-state index is 11.8. The number of para-hydroxylation sites is 2. The van der Waals surface area contributed by atoms with E-state index in [0.717, 1.165) is 13.0 Å². The highest BCUT2D eigenvalue weighted by atomic mass is 19.1. The molecule has 0 aliphatic heterocycles. The summed E-state index contributed by atoms with van der Waals surface area (Å²) < 4.78 is 55.3. The zero-order valence-corrected chi connectivity index (χ0v) is 21.3. The van der Waals surface area contributed by atoms with Gasteiger partial charge in [0.25, 0.3) is 0 Å². The average molecular weight is 493 g/mol. The lowest BCUT2D eigenvalue weighted by molar-refractivity contribution is 0.00669. The van der Waals surface area contributed by atoms with Crippen LogP contribution in [-0.4, -0.2) is 99.2 Å². The van der Waals surface area contributed by atoms with E-state index in [1.807, 2.05) is 38.1 Å². The predicted octanol–water partition coefficient (Wildman–Crippen LogP) is 3.95. The van der Waals surface area contributed by atoms with E-state index >= 15 is 0 Å². The Bertz CT molecular complexity index is 476. The zero-order chi connectivity index (χ0) is 25.0. The monoisotopic (exact) mass is 492 g/mol. The third-order valence-corrected chi connectivity index (χ3v) is 3.88. The van der Waals surface area contributed by atoms with Crippen LogP contribution in [0.2, 0.25) is 0 Å². The van der Waals surface area contributed by atoms with Crippen LogP contribution in [0.15, 0.2) is 24.3 Å². The van der Waals surface area contributed by atoms with Gasteiger partial charge in [0.2, 0.25) is 0 Å². The molecule has 0 atom stereocenters. The van der Waals surface area contributed by atoms with Crippen LogP contribution in [0.4, 0.5) is 4.39 Å². The van der Waals surface area contributed by atoms with Gasteiger partial charge in [-0.2, -0.15) is 0 Å². The van der Waals surface area contributed by atoms with Gasteiger partial charge in [0.15, 0.2) is 11.5 Å². The Balaban J connectivity index is 0.00000529. The van der Waals surface area contributed by atoms with Gasteiger partial charge in [0.05, 0.1) is 72.7 Å². The van der Waals surface area contributed by atoms with Crippen LogP contribution in [0.3, 0.4) is 0 Å². The maximum Gasteiger partial charge on any atom is 0.161 e. The fourth-order valence-corrected chi connectivity index (χ4v) is 2.39. The van der Waals surface area contributed by atoms with Gasteiger partial charge in [-0.1, -0.05) is 32.9 Å². The summed E-state index contributed by atoms with van der Waals surface area (Å²) in [6.07, 6.45) is 1.02. The van der Waals surface area contributed by atoms with Crippen molar-refractivity contribution in [2.24, 2.45) is 0 Å². The first-order valence-corrected chi connectivity index (χ1v) is 12.3. The summed E-state index contributed by atoms with van der Waals surface area (Å²) in [7, 11) is 0. The molecule has 0 amide bonds. The van der Waals surface area contributed by atoms with E-state index in [-0.39, 0.29) is 6.61 Å². The minimum atomic E-state index is -0.476. The summed E-state index contributed by atoms with van der Waals surface area (Å²) in [5.41, 5.74) is 0. The minimum absolute atomic E-state index is 0.111. The van der Waals surface area contributed by atoms with Crippen LogP contribution < -0.4 is 9.47 Å². The van der Waals surface area contributed by atoms with Crippen molar-refractivity contribution in [2.45, 2.75) is 27.2 Å². The fraction of sp³-hybridized carbons (Fsp3) is 0.760. The van der Waals surface area contributed by atoms with Crippen molar-refractivity contribution in [1.29, 1.82) is 0 Å². The van der Waals surface area contributed by atoms with Crippen molar-refractivity contribution in [3.63, 3.8) is 0 Å². The summed E-state index contributed by atoms with van der Waals surface area (Å²) in [5, 5.41) is 0. The van der Waals surface area contributed by atoms with E-state index in [4.69, 9.17) is 37.9 Å². The van der Waals surface area contributed by atoms with Gasteiger partial charge in [-0.05, 0) is 18.6 Å². The molecule has 0 N–H and O–H groups in total. The Morgan fingerprint density at radius 2 is 0.824 bits per heavy atom. The van der Waals surface area contributed by atoms with Gasteiger partial charge in [-0.15, -0.1) is 0 Å². The highest BCUT2D eigenvalue weighted by Gasteiger charge is 2.04. The standard InChI is InChI=1S/C23H39FO8.C2H6/c1-2-8-25-10-12-27-14-16-29-18-20-31-22-5-3-4-6-23(22)32-21-19-30-17-15-28-13-11-26-9-7-24;1-2/h3-6H,2,7-21H2,1H3;1-2H3. The smallest absolute Gasteiger partial charge is 0.161 e. The van der Waals surface area contributed by atoms with Crippen LogP contribution in [-0.2, 0) is 28.4 Å². The lowest BCUT2D eigenvalue weighted by atomic mass is 10.3. The number of ether oxygens (including phenoxy) is 8. The Morgan fingerprint density at radius 3 is 1.18 bits per heavy atom. The number of halogens is 1. The molecule has 34 heavy (non-hydrogen) atoms. The van der Waals surface area contributed by atoms with E-state index in [2.05, 4.69) is 6.92 Å². The first kappa shape index (κ1) is 32.5. The summed E-state index contributed by atoms with van der Waals surface area (Å²) in [6, 6.07) is 7.49. The van der Waals surface area contributed by atoms with Crippen molar-refractivity contribution in [3.8, 4) is 11.5 Å². The molecule has 0 bridgehead atoms. The molecule has 1 rings (SSSR count). The minimum Gasteiger partial charge on any atom is -0.487 e. The van der Waals surface area contributed by atoms with Gasteiger partial charge in [-0.3, -0.25) is 0 Å². The highest BCUT2D eigenvalue weighted by Crippen LogP contribution is 2.26. The van der Waals surface area contributed by atoms with Crippen molar-refractivity contribution >= 4 is 0 Å². The van der Waals surface area contributed by atoms with Gasteiger partial charge >= 0.3 is 0 Å². The SMILES string of the molecule is CC.CCCOCCOCCOCCOc1ccccc1OCCOCCOCCOCCF. The van der Waals surface area contributed by atoms with Crippen LogP contribution in [0, 0.1) is 0 Å². The van der Waals surface area contributed by atoms with Crippen molar-refractivity contribution in [3.05, 3.63) is 24.3 Å². The van der Waals surface area contributed by atoms with E-state index in [1.54, 1.807) is 0 Å². The normalized spacial score (nSPS) is 10.6. The second kappa shape index (κ2) is 27.8. The summed E-state index contributed by atoms with van der Waals surface area (Å²) >= 11 is 0. The second-order valence-electron chi connectivity index (χ2n) is 6.51. The van der Waals surface area contributed by atoms with Crippen LogP contribution in [0.5, 0.6) is 11.5 Å². The third kappa shape index (κ3) is 21.1. The molecule has 8 nitrogen and oxygen atoms in total. The fourth-order valence-electron chi connectivity index (χ4n) is 2.39. The van der Waals surface area contributed by atoms with Gasteiger partial charge < -0.3 is 37.9 Å². The molecule has 0 heterocycles. The predicted molar refractivity (Wildman–Crippen MR) is 130 cm³/mol. The molecule has 200 valence electrons. The maximum absolute atomic E-state index is 11.8. The average Bonchev–Trinajstić information content (AvgIpc) is 2.87. The summed E-state index contributed by atoms with van der Waals surface area (Å²) in [6.45, 7) is 12.2. The Hall–Kier alpha value is -1.49. The van der Waals surface area contributed by atoms with Gasteiger partial charge in [0.1, 0.15) is 19.9 Å². The molecule has 0 aliphatic carbocycles. The molecule has 0 saturated carbocycles. The van der Waals surface area contributed by atoms with Crippen molar-refractivity contribution < 1.29 is 42.3 Å². The molecule has 0 aliphatic rings. The first-order chi connectivity index (χ1) is 16.9. The molecule has 0 saturated heterocycles. The third-order valence-electron chi connectivity index (χ3n) is 3.88. The zero-order valence-electron chi connectivity index (χ0n) is 21.3. The van der Waals surface area contributed by atoms with Gasteiger partial charge in [-0.25, -0.2) is 4.39 Å². The second-order valence-corrected chi connectivity index (χ2v) is 6.51. The largest absolute Gasteiger partial charge is 0.487 e. The van der Waals surface area contributed by atoms with E-state index in [0.29, 0.717) is 90.8 Å². The Labute approximate surface area is 204 Å². The molecule has 0 spiro atoms. The van der Waals surface area contributed by atoms with Crippen molar-refractivity contribution in [2.75, 3.05) is 99.2 Å². The topological polar surface area (TPSA) is 73.8 Å². The first-order valence-electron chi connectivity index (χ1n) is 12.3.